The van der Waals surface area contributed by atoms with Gasteiger partial charge in [-0.1, -0.05) is 22.6 Å². The quantitative estimate of drug-likeness (QED) is 0.492. The molecule has 0 N–H and O–H groups in total. The van der Waals surface area contributed by atoms with Gasteiger partial charge in [0.15, 0.2) is 0 Å². The van der Waals surface area contributed by atoms with Crippen LogP contribution in [0.2, 0.25) is 0 Å². The van der Waals surface area contributed by atoms with Crippen LogP contribution in [-0.4, -0.2) is 9.80 Å². The molecule has 0 aromatic heterocycles. The van der Waals surface area contributed by atoms with E-state index in [-0.39, 0.29) is 0 Å². The van der Waals surface area contributed by atoms with Crippen molar-refractivity contribution in [2.45, 2.75) is 10.3 Å². The molecule has 0 bridgehead atoms. The maximum atomic E-state index is 5.35. The molecule has 0 spiro atoms. The molecule has 0 saturated heterocycles. The Morgan fingerprint density at radius 3 is 2.33 bits per heavy atom. The zero-order chi connectivity index (χ0) is 4.99. The van der Waals surface area contributed by atoms with Gasteiger partial charge in [0.1, 0.15) is 0 Å². The summed E-state index contributed by atoms with van der Waals surface area (Å²) in [5.74, 6) is 0.733. The zero-order valence-corrected chi connectivity index (χ0v) is 6.37. The molecule has 1 unspecified atom stereocenters. The molecule has 37 valence electrons. The van der Waals surface area contributed by atoms with Gasteiger partial charge in [-0.15, -0.1) is 11.6 Å². The van der Waals surface area contributed by atoms with Gasteiger partial charge in [0, 0.05) is 9.80 Å². The lowest BCUT2D eigenvalue weighted by Gasteiger charge is -1.92. The van der Waals surface area contributed by atoms with Gasteiger partial charge in [0.2, 0.25) is 0 Å². The van der Waals surface area contributed by atoms with Crippen LogP contribution >= 0.6 is 34.2 Å². The molecule has 6 heavy (non-hydrogen) atoms. The highest BCUT2D eigenvalue weighted by Crippen LogP contribution is 2.03. The number of alkyl halides is 2. The van der Waals surface area contributed by atoms with E-state index in [0.29, 0.717) is 3.92 Å². The maximum Gasteiger partial charge on any atom is 0.0233 e. The van der Waals surface area contributed by atoms with Gasteiger partial charge >= 0.3 is 0 Å². The molecule has 0 fully saturated rings. The molecule has 0 saturated carbocycles. The second-order valence-electron chi connectivity index (χ2n) is 1.07. The Morgan fingerprint density at radius 2 is 2.33 bits per heavy atom. The van der Waals surface area contributed by atoms with Crippen molar-refractivity contribution in [2.24, 2.45) is 0 Å². The fourth-order valence-electron chi connectivity index (χ4n) is 0.118. The molecule has 0 rings (SSSR count). The number of rotatable bonds is 2. The Labute approximate surface area is 57.4 Å². The van der Waals surface area contributed by atoms with Crippen LogP contribution in [0.1, 0.15) is 6.42 Å². The fraction of sp³-hybridized carbons (Fsp3) is 0.750. The third-order valence-electron chi connectivity index (χ3n) is 0.422. The van der Waals surface area contributed by atoms with Crippen molar-refractivity contribution in [2.75, 3.05) is 5.88 Å². The summed E-state index contributed by atoms with van der Waals surface area (Å²) in [5, 5.41) is 0. The monoisotopic (exact) mass is 217 g/mol. The van der Waals surface area contributed by atoms with Crippen LogP contribution in [0.4, 0.5) is 0 Å². The lowest BCUT2D eigenvalue weighted by atomic mass is 10.4. The van der Waals surface area contributed by atoms with Gasteiger partial charge in [-0.3, -0.25) is 0 Å². The minimum Gasteiger partial charge on any atom is -0.127 e. The van der Waals surface area contributed by atoms with Crippen molar-refractivity contribution in [3.63, 3.8) is 0 Å². The maximum absolute atomic E-state index is 5.35. The van der Waals surface area contributed by atoms with E-state index in [2.05, 4.69) is 29.5 Å². The lowest BCUT2D eigenvalue weighted by molar-refractivity contribution is 1.01. The molecular formula is C4H7ClI. The highest BCUT2D eigenvalue weighted by molar-refractivity contribution is 14.1. The van der Waals surface area contributed by atoms with E-state index in [1.807, 2.05) is 0 Å². The van der Waals surface area contributed by atoms with Gasteiger partial charge in [0.25, 0.3) is 0 Å². The first kappa shape index (κ1) is 7.02. The molecule has 1 atom stereocenters. The fourth-order valence-corrected chi connectivity index (χ4v) is 1.06. The van der Waals surface area contributed by atoms with E-state index in [1.165, 1.54) is 0 Å². The third kappa shape index (κ3) is 5.02. The summed E-state index contributed by atoms with van der Waals surface area (Å²) in [6.45, 7) is 3.73. The van der Waals surface area contributed by atoms with E-state index in [4.69, 9.17) is 11.6 Å². The first-order chi connectivity index (χ1) is 2.77. The summed E-state index contributed by atoms with van der Waals surface area (Å²) in [4.78, 5) is 0. The van der Waals surface area contributed by atoms with Crippen LogP contribution in [0.25, 0.3) is 0 Å². The average molecular weight is 217 g/mol. The molecule has 0 heterocycles. The van der Waals surface area contributed by atoms with Crippen LogP contribution in [0.15, 0.2) is 0 Å². The van der Waals surface area contributed by atoms with Crippen LogP contribution in [-0.2, 0) is 0 Å². The second-order valence-corrected chi connectivity index (χ2v) is 3.21. The van der Waals surface area contributed by atoms with Crippen LogP contribution < -0.4 is 0 Å². The van der Waals surface area contributed by atoms with Gasteiger partial charge < -0.3 is 0 Å². The van der Waals surface area contributed by atoms with Crippen molar-refractivity contribution in [3.8, 4) is 0 Å². The summed E-state index contributed by atoms with van der Waals surface area (Å²) in [7, 11) is 0. The lowest BCUT2D eigenvalue weighted by Crippen LogP contribution is -1.88. The minimum absolute atomic E-state index is 0.486. The third-order valence-corrected chi connectivity index (χ3v) is 1.26. The Balaban J connectivity index is 2.63. The van der Waals surface area contributed by atoms with Crippen molar-refractivity contribution in [1.29, 1.82) is 0 Å². The summed E-state index contributed by atoms with van der Waals surface area (Å²) in [6.07, 6.45) is 1.02. The molecule has 2 heteroatoms. The van der Waals surface area contributed by atoms with Crippen molar-refractivity contribution in [3.05, 3.63) is 6.92 Å². The van der Waals surface area contributed by atoms with E-state index in [0.717, 1.165) is 12.3 Å². The molecule has 0 nitrogen and oxygen atoms in total. The zero-order valence-electron chi connectivity index (χ0n) is 3.45. The second kappa shape index (κ2) is 4.19. The van der Waals surface area contributed by atoms with Crippen molar-refractivity contribution >= 4 is 34.2 Å². The Kier molecular flexibility index (Phi) is 4.90. The van der Waals surface area contributed by atoms with Gasteiger partial charge in [0.05, 0.1) is 0 Å². The largest absolute Gasteiger partial charge is 0.127 e. The minimum atomic E-state index is 0.486. The Hall–Kier alpha value is 1.02. The molecule has 0 aliphatic heterocycles. The average Bonchev–Trinajstić information content (AvgIpc) is 1.35. The predicted molar refractivity (Wildman–Crippen MR) is 38.5 cm³/mol. The standard InChI is InChI=1S/C4H7ClI/c1-4(6)2-3-5/h4H,1-3H2. The van der Waals surface area contributed by atoms with Crippen LogP contribution in [0.3, 0.4) is 0 Å². The Bertz CT molecular complexity index is 28.7. The predicted octanol–water partition coefficient (Wildman–Crippen LogP) is 2.25. The molecule has 0 aliphatic carbocycles. The van der Waals surface area contributed by atoms with E-state index in [1.54, 1.807) is 0 Å². The summed E-state index contributed by atoms with van der Waals surface area (Å²) >= 11 is 7.60. The van der Waals surface area contributed by atoms with E-state index < -0.39 is 0 Å². The SMILES string of the molecule is [CH2]C(I)CCCl. The van der Waals surface area contributed by atoms with E-state index >= 15 is 0 Å². The molecule has 1 radical (unpaired) electrons. The first-order valence-corrected chi connectivity index (χ1v) is 3.58. The van der Waals surface area contributed by atoms with Gasteiger partial charge in [-0.25, -0.2) is 0 Å². The molecule has 0 aliphatic rings. The Morgan fingerprint density at radius 1 is 1.83 bits per heavy atom. The molecule has 0 aromatic carbocycles. The van der Waals surface area contributed by atoms with Gasteiger partial charge in [-0.2, -0.15) is 0 Å². The van der Waals surface area contributed by atoms with Crippen molar-refractivity contribution in [1.82, 2.24) is 0 Å². The highest BCUT2D eigenvalue weighted by Gasteiger charge is 1.89. The molecule has 0 amide bonds. The smallest absolute Gasteiger partial charge is 0.0233 e. The summed E-state index contributed by atoms with van der Waals surface area (Å²) in [5.41, 5.74) is 0. The molecular weight excluding hydrogens is 210 g/mol. The highest BCUT2D eigenvalue weighted by atomic mass is 127. The number of hydrogen-bond donors (Lipinski definition) is 0. The molecule has 0 aromatic rings. The van der Waals surface area contributed by atoms with E-state index in [9.17, 15) is 0 Å². The van der Waals surface area contributed by atoms with Crippen LogP contribution in [0, 0.1) is 6.92 Å². The number of hydrogen-bond acceptors (Lipinski definition) is 0. The summed E-state index contributed by atoms with van der Waals surface area (Å²) in [6, 6.07) is 0. The summed E-state index contributed by atoms with van der Waals surface area (Å²) < 4.78 is 0.486. The normalized spacial score (nSPS) is 14.5. The topological polar surface area (TPSA) is 0 Å². The van der Waals surface area contributed by atoms with Gasteiger partial charge in [-0.05, 0) is 13.3 Å². The number of halogens is 2. The van der Waals surface area contributed by atoms with Crippen LogP contribution in [0.5, 0.6) is 0 Å². The van der Waals surface area contributed by atoms with Crippen molar-refractivity contribution < 1.29 is 0 Å². The first-order valence-electron chi connectivity index (χ1n) is 1.80.